The van der Waals surface area contributed by atoms with Gasteiger partial charge in [0.25, 0.3) is 0 Å². The zero-order chi connectivity index (χ0) is 9.14. The van der Waals surface area contributed by atoms with Crippen LogP contribution in [0.25, 0.3) is 0 Å². The molecule has 3 heteroatoms. The summed E-state index contributed by atoms with van der Waals surface area (Å²) >= 11 is 0. The fraction of sp³-hybridized carbons (Fsp3) is 1.00. The van der Waals surface area contributed by atoms with Crippen molar-refractivity contribution in [3.63, 3.8) is 0 Å². The molecule has 3 atom stereocenters. The predicted molar refractivity (Wildman–Crippen MR) is 48.1 cm³/mol. The molecule has 12 heavy (non-hydrogen) atoms. The summed E-state index contributed by atoms with van der Waals surface area (Å²) in [5.41, 5.74) is 0. The number of rotatable bonds is 2. The van der Waals surface area contributed by atoms with E-state index in [0.717, 1.165) is 19.6 Å². The number of aliphatic hydroxyl groups excluding tert-OH is 1. The number of ether oxygens (including phenoxy) is 1. The lowest BCUT2D eigenvalue weighted by atomic mass is 10.2. The topological polar surface area (TPSA) is 32.7 Å². The molecule has 0 aliphatic carbocycles. The molecule has 72 valence electrons. The minimum Gasteiger partial charge on any atom is -0.392 e. The van der Waals surface area contributed by atoms with Crippen molar-refractivity contribution in [2.24, 2.45) is 0 Å². The van der Waals surface area contributed by atoms with Gasteiger partial charge in [-0.2, -0.15) is 0 Å². The third-order valence-corrected chi connectivity index (χ3v) is 2.02. The Labute approximate surface area is 74.3 Å². The van der Waals surface area contributed by atoms with Gasteiger partial charge >= 0.3 is 0 Å². The Hall–Kier alpha value is -0.120. The van der Waals surface area contributed by atoms with Gasteiger partial charge in [0.15, 0.2) is 0 Å². The minimum atomic E-state index is -0.234. The Morgan fingerprint density at radius 2 is 1.92 bits per heavy atom. The normalized spacial score (nSPS) is 35.0. The molecule has 0 aromatic heterocycles. The molecule has 1 aliphatic rings. The largest absolute Gasteiger partial charge is 0.392 e. The molecule has 0 saturated carbocycles. The highest BCUT2D eigenvalue weighted by Gasteiger charge is 2.22. The van der Waals surface area contributed by atoms with Crippen LogP contribution in [0.3, 0.4) is 0 Å². The lowest BCUT2D eigenvalue weighted by Gasteiger charge is -2.35. The lowest BCUT2D eigenvalue weighted by Crippen LogP contribution is -2.47. The van der Waals surface area contributed by atoms with Gasteiger partial charge in [-0.3, -0.25) is 4.90 Å². The van der Waals surface area contributed by atoms with E-state index in [2.05, 4.69) is 18.7 Å². The van der Waals surface area contributed by atoms with Gasteiger partial charge in [-0.05, 0) is 20.8 Å². The highest BCUT2D eigenvalue weighted by molar-refractivity contribution is 4.73. The molecule has 1 fully saturated rings. The summed E-state index contributed by atoms with van der Waals surface area (Å²) in [5, 5.41) is 9.19. The van der Waals surface area contributed by atoms with Gasteiger partial charge in [-0.15, -0.1) is 0 Å². The van der Waals surface area contributed by atoms with Gasteiger partial charge in [-0.25, -0.2) is 0 Å². The molecule has 0 radical (unpaired) electrons. The second-order valence-corrected chi connectivity index (χ2v) is 3.82. The Bertz CT molecular complexity index is 126. The van der Waals surface area contributed by atoms with Crippen LogP contribution in [-0.2, 0) is 4.74 Å². The van der Waals surface area contributed by atoms with Crippen molar-refractivity contribution >= 4 is 0 Å². The molecule has 1 heterocycles. The third-order valence-electron chi connectivity index (χ3n) is 2.02. The number of nitrogens with zero attached hydrogens (tertiary/aromatic N) is 1. The maximum Gasteiger partial charge on any atom is 0.0678 e. The number of β-amino-alcohol motifs (C(OH)–C–C–N with tert-alkyl or cyclic N) is 1. The first kappa shape index (κ1) is 9.96. The van der Waals surface area contributed by atoms with Gasteiger partial charge in [0.05, 0.1) is 18.3 Å². The standard InChI is InChI=1S/C9H19NO2/c1-7(11)4-10-5-8(2)12-9(3)6-10/h7-9,11H,4-6H2,1-3H3/t7-,8+,9+/m1/s1. The van der Waals surface area contributed by atoms with E-state index in [4.69, 9.17) is 4.74 Å². The molecule has 0 bridgehead atoms. The first-order valence-corrected chi connectivity index (χ1v) is 4.64. The summed E-state index contributed by atoms with van der Waals surface area (Å²) in [7, 11) is 0. The molecule has 1 aliphatic heterocycles. The van der Waals surface area contributed by atoms with E-state index >= 15 is 0 Å². The molecule has 0 amide bonds. The fourth-order valence-corrected chi connectivity index (χ4v) is 1.81. The first-order chi connectivity index (χ1) is 5.58. The van der Waals surface area contributed by atoms with Gasteiger partial charge < -0.3 is 9.84 Å². The number of hydrogen-bond acceptors (Lipinski definition) is 3. The molecule has 0 unspecified atom stereocenters. The molecule has 0 aromatic carbocycles. The zero-order valence-corrected chi connectivity index (χ0v) is 8.16. The van der Waals surface area contributed by atoms with Crippen LogP contribution < -0.4 is 0 Å². The fourth-order valence-electron chi connectivity index (χ4n) is 1.81. The lowest BCUT2D eigenvalue weighted by molar-refractivity contribution is -0.0752. The summed E-state index contributed by atoms with van der Waals surface area (Å²) < 4.78 is 5.57. The summed E-state index contributed by atoms with van der Waals surface area (Å²) in [6, 6.07) is 0. The average molecular weight is 173 g/mol. The molecular weight excluding hydrogens is 154 g/mol. The minimum absolute atomic E-state index is 0.234. The average Bonchev–Trinajstić information content (AvgIpc) is 1.81. The predicted octanol–water partition coefficient (Wildman–Crippen LogP) is 0.476. The smallest absolute Gasteiger partial charge is 0.0678 e. The highest BCUT2D eigenvalue weighted by atomic mass is 16.5. The maximum absolute atomic E-state index is 9.19. The van der Waals surface area contributed by atoms with Crippen LogP contribution in [0.5, 0.6) is 0 Å². The van der Waals surface area contributed by atoms with Gasteiger partial charge in [0.1, 0.15) is 0 Å². The molecule has 3 nitrogen and oxygen atoms in total. The molecule has 1 N–H and O–H groups in total. The highest BCUT2D eigenvalue weighted by Crippen LogP contribution is 2.10. The van der Waals surface area contributed by atoms with Crippen LogP contribution in [0.2, 0.25) is 0 Å². The quantitative estimate of drug-likeness (QED) is 0.659. The van der Waals surface area contributed by atoms with Crippen LogP contribution in [0.4, 0.5) is 0 Å². The molecule has 0 spiro atoms. The summed E-state index contributed by atoms with van der Waals surface area (Å²) in [6.07, 6.45) is 0.363. The van der Waals surface area contributed by atoms with Crippen LogP contribution in [-0.4, -0.2) is 48.0 Å². The maximum atomic E-state index is 9.19. The van der Waals surface area contributed by atoms with E-state index in [1.54, 1.807) is 0 Å². The van der Waals surface area contributed by atoms with Gasteiger partial charge in [0.2, 0.25) is 0 Å². The van der Waals surface area contributed by atoms with Crippen LogP contribution in [0.15, 0.2) is 0 Å². The number of hydrogen-bond donors (Lipinski definition) is 1. The van der Waals surface area contributed by atoms with E-state index in [-0.39, 0.29) is 6.10 Å². The van der Waals surface area contributed by atoms with E-state index < -0.39 is 0 Å². The number of morpholine rings is 1. The van der Waals surface area contributed by atoms with Crippen molar-refractivity contribution in [3.05, 3.63) is 0 Å². The van der Waals surface area contributed by atoms with Crippen molar-refractivity contribution in [2.75, 3.05) is 19.6 Å². The van der Waals surface area contributed by atoms with E-state index in [9.17, 15) is 5.11 Å². The van der Waals surface area contributed by atoms with Gasteiger partial charge in [0, 0.05) is 19.6 Å². The molecular formula is C9H19NO2. The van der Waals surface area contributed by atoms with E-state index in [1.165, 1.54) is 0 Å². The van der Waals surface area contributed by atoms with Crippen molar-refractivity contribution in [1.29, 1.82) is 0 Å². The Kier molecular flexibility index (Phi) is 3.50. The van der Waals surface area contributed by atoms with Crippen LogP contribution >= 0.6 is 0 Å². The Morgan fingerprint density at radius 3 is 2.33 bits per heavy atom. The molecule has 1 saturated heterocycles. The molecule has 1 rings (SSSR count). The first-order valence-electron chi connectivity index (χ1n) is 4.64. The van der Waals surface area contributed by atoms with Gasteiger partial charge in [-0.1, -0.05) is 0 Å². The van der Waals surface area contributed by atoms with Crippen molar-refractivity contribution < 1.29 is 9.84 Å². The Balaban J connectivity index is 2.34. The van der Waals surface area contributed by atoms with Crippen molar-refractivity contribution in [2.45, 2.75) is 39.1 Å². The van der Waals surface area contributed by atoms with E-state index in [0.29, 0.717) is 12.2 Å². The zero-order valence-electron chi connectivity index (χ0n) is 8.16. The third kappa shape index (κ3) is 3.09. The van der Waals surface area contributed by atoms with Crippen LogP contribution in [0.1, 0.15) is 20.8 Å². The van der Waals surface area contributed by atoms with Crippen LogP contribution in [0, 0.1) is 0 Å². The van der Waals surface area contributed by atoms with E-state index in [1.807, 2.05) is 6.92 Å². The summed E-state index contributed by atoms with van der Waals surface area (Å²) in [5.74, 6) is 0. The second-order valence-electron chi connectivity index (χ2n) is 3.82. The Morgan fingerprint density at radius 1 is 1.42 bits per heavy atom. The van der Waals surface area contributed by atoms with Crippen molar-refractivity contribution in [3.8, 4) is 0 Å². The van der Waals surface area contributed by atoms with Crippen molar-refractivity contribution in [1.82, 2.24) is 4.90 Å². The monoisotopic (exact) mass is 173 g/mol. The summed E-state index contributed by atoms with van der Waals surface area (Å²) in [6.45, 7) is 8.61. The summed E-state index contributed by atoms with van der Waals surface area (Å²) in [4.78, 5) is 2.25. The SMILES string of the molecule is C[C@@H](O)CN1C[C@H](C)O[C@@H](C)C1. The second kappa shape index (κ2) is 4.21. The number of aliphatic hydroxyl groups is 1. The molecule has 0 aromatic rings.